The Morgan fingerprint density at radius 1 is 1.26 bits per heavy atom. The highest BCUT2D eigenvalue weighted by Crippen LogP contribution is 2.38. The Labute approximate surface area is 132 Å². The summed E-state index contributed by atoms with van der Waals surface area (Å²) in [4.78, 5) is 2.62. The fourth-order valence-electron chi connectivity index (χ4n) is 2.93. The molecule has 2 aliphatic rings. The van der Waals surface area contributed by atoms with E-state index in [1.54, 1.807) is 0 Å². The second-order valence-electron chi connectivity index (χ2n) is 5.58. The second kappa shape index (κ2) is 5.44. The molecule has 1 saturated carbocycles. The Morgan fingerprint density at radius 3 is 2.68 bits per heavy atom. The normalized spacial score (nSPS) is 27.8. The van der Waals surface area contributed by atoms with Crippen molar-refractivity contribution in [2.75, 3.05) is 11.9 Å². The first-order valence-corrected chi connectivity index (χ1v) is 8.27. The maximum absolute atomic E-state index is 6.29. The van der Waals surface area contributed by atoms with Crippen LogP contribution in [0.15, 0.2) is 16.6 Å². The van der Waals surface area contributed by atoms with Gasteiger partial charge < -0.3 is 5.32 Å². The van der Waals surface area contributed by atoms with Gasteiger partial charge >= 0.3 is 0 Å². The minimum absolute atomic E-state index is 0.463. The van der Waals surface area contributed by atoms with Crippen LogP contribution in [0, 0.1) is 0 Å². The lowest BCUT2D eigenvalue weighted by atomic mass is 10.2. The summed E-state index contributed by atoms with van der Waals surface area (Å²) in [5.74, 6) is 0. The molecule has 104 valence electrons. The average molecular weight is 364 g/mol. The van der Waals surface area contributed by atoms with Crippen LogP contribution in [-0.4, -0.2) is 29.6 Å². The van der Waals surface area contributed by atoms with Gasteiger partial charge in [0.25, 0.3) is 0 Å². The van der Waals surface area contributed by atoms with E-state index in [9.17, 15) is 0 Å². The molecule has 2 unspecified atom stereocenters. The number of nitrogens with one attached hydrogen (secondary N) is 1. The summed E-state index contributed by atoms with van der Waals surface area (Å²) in [5, 5.41) is 4.73. The van der Waals surface area contributed by atoms with Crippen molar-refractivity contribution < 1.29 is 0 Å². The van der Waals surface area contributed by atoms with Gasteiger partial charge in [-0.3, -0.25) is 4.90 Å². The highest BCUT2D eigenvalue weighted by atomic mass is 79.9. The molecule has 0 spiro atoms. The molecule has 1 aliphatic heterocycles. The van der Waals surface area contributed by atoms with Crippen molar-refractivity contribution in [3.05, 3.63) is 26.7 Å². The van der Waals surface area contributed by atoms with Gasteiger partial charge in [0.1, 0.15) is 0 Å². The number of nitrogens with zero attached hydrogens (tertiary/aromatic N) is 1. The molecular formula is C14H17BrCl2N2. The molecule has 0 aromatic heterocycles. The topological polar surface area (TPSA) is 15.3 Å². The van der Waals surface area contributed by atoms with Gasteiger partial charge in [-0.25, -0.2) is 0 Å². The monoisotopic (exact) mass is 362 g/mol. The van der Waals surface area contributed by atoms with Crippen molar-refractivity contribution in [1.82, 2.24) is 4.90 Å². The zero-order valence-electron chi connectivity index (χ0n) is 10.8. The molecule has 2 atom stereocenters. The fraction of sp³-hybridized carbons (Fsp3) is 0.571. The number of halogens is 3. The van der Waals surface area contributed by atoms with Crippen molar-refractivity contribution >= 4 is 44.8 Å². The molecule has 1 N–H and O–H groups in total. The number of rotatable bonds is 3. The molecule has 19 heavy (non-hydrogen) atoms. The van der Waals surface area contributed by atoms with Gasteiger partial charge in [0.05, 0.1) is 15.7 Å². The standard InChI is InChI=1S/C14H17BrCl2N2/c1-8-6-9(7-19(8)10-2-3-10)18-12-5-4-11(15)13(16)14(12)17/h4-5,8-10,18H,2-3,6-7H2,1H3. The van der Waals surface area contributed by atoms with Gasteiger partial charge in [-0.1, -0.05) is 23.2 Å². The van der Waals surface area contributed by atoms with E-state index in [1.165, 1.54) is 19.3 Å². The summed E-state index contributed by atoms with van der Waals surface area (Å²) in [7, 11) is 0. The molecule has 0 radical (unpaired) electrons. The smallest absolute Gasteiger partial charge is 0.0835 e. The lowest BCUT2D eigenvalue weighted by Gasteiger charge is -2.20. The largest absolute Gasteiger partial charge is 0.380 e. The van der Waals surface area contributed by atoms with Crippen molar-refractivity contribution in [2.24, 2.45) is 0 Å². The average Bonchev–Trinajstić information content (AvgIpc) is 3.15. The second-order valence-corrected chi connectivity index (χ2v) is 7.19. The van der Waals surface area contributed by atoms with Crippen LogP contribution in [0.2, 0.25) is 10.0 Å². The summed E-state index contributed by atoms with van der Waals surface area (Å²) in [5.41, 5.74) is 0.935. The Bertz CT molecular complexity index is 491. The fourth-order valence-corrected chi connectivity index (χ4v) is 3.76. The van der Waals surface area contributed by atoms with Crippen molar-refractivity contribution in [1.29, 1.82) is 0 Å². The predicted molar refractivity (Wildman–Crippen MR) is 85.4 cm³/mol. The summed E-state index contributed by atoms with van der Waals surface area (Å²) in [6.45, 7) is 3.42. The van der Waals surface area contributed by atoms with E-state index in [0.717, 1.165) is 22.7 Å². The minimum Gasteiger partial charge on any atom is -0.380 e. The maximum Gasteiger partial charge on any atom is 0.0835 e. The molecule has 1 saturated heterocycles. The number of anilines is 1. The third-order valence-electron chi connectivity index (χ3n) is 4.03. The van der Waals surface area contributed by atoms with Crippen LogP contribution in [-0.2, 0) is 0 Å². The molecule has 1 aromatic carbocycles. The molecule has 0 amide bonds. The van der Waals surface area contributed by atoms with Gasteiger partial charge in [-0.15, -0.1) is 0 Å². The molecule has 5 heteroatoms. The minimum atomic E-state index is 0.463. The van der Waals surface area contributed by atoms with Gasteiger partial charge in [-0.2, -0.15) is 0 Å². The van der Waals surface area contributed by atoms with Crippen LogP contribution in [0.4, 0.5) is 5.69 Å². The molecule has 0 bridgehead atoms. The summed E-state index contributed by atoms with van der Waals surface area (Å²) in [6.07, 6.45) is 3.89. The molecule has 1 aliphatic carbocycles. The van der Waals surface area contributed by atoms with Gasteiger partial charge in [0.15, 0.2) is 0 Å². The lowest BCUT2D eigenvalue weighted by molar-refractivity contribution is 0.257. The predicted octanol–water partition coefficient (Wildman–Crippen LogP) is 4.79. The zero-order chi connectivity index (χ0) is 13.6. The van der Waals surface area contributed by atoms with E-state index in [-0.39, 0.29) is 0 Å². The summed E-state index contributed by atoms with van der Waals surface area (Å²) in [6, 6.07) is 5.88. The Balaban J connectivity index is 1.70. The number of hydrogen-bond acceptors (Lipinski definition) is 2. The molecule has 3 rings (SSSR count). The van der Waals surface area contributed by atoms with Crippen molar-refractivity contribution in [3.63, 3.8) is 0 Å². The van der Waals surface area contributed by atoms with Gasteiger partial charge in [0.2, 0.25) is 0 Å². The quantitative estimate of drug-likeness (QED) is 0.776. The third kappa shape index (κ3) is 2.90. The van der Waals surface area contributed by atoms with E-state index < -0.39 is 0 Å². The first kappa shape index (κ1) is 14.0. The van der Waals surface area contributed by atoms with Gasteiger partial charge in [0, 0.05) is 29.1 Å². The van der Waals surface area contributed by atoms with E-state index in [2.05, 4.69) is 33.1 Å². The Kier molecular flexibility index (Phi) is 4.01. The van der Waals surface area contributed by atoms with E-state index >= 15 is 0 Å². The lowest BCUT2D eigenvalue weighted by Crippen LogP contribution is -2.31. The SMILES string of the molecule is CC1CC(Nc2ccc(Br)c(Cl)c2Cl)CN1C1CC1. The van der Waals surface area contributed by atoms with Crippen molar-refractivity contribution in [2.45, 2.75) is 44.3 Å². The summed E-state index contributed by atoms with van der Waals surface area (Å²) < 4.78 is 0.837. The number of likely N-dealkylation sites (tertiary alicyclic amines) is 1. The van der Waals surface area contributed by atoms with E-state index in [1.807, 2.05) is 12.1 Å². The number of benzene rings is 1. The first-order chi connectivity index (χ1) is 9.06. The van der Waals surface area contributed by atoms with Crippen LogP contribution >= 0.6 is 39.1 Å². The van der Waals surface area contributed by atoms with Crippen LogP contribution in [0.3, 0.4) is 0 Å². The van der Waals surface area contributed by atoms with Crippen LogP contribution in [0.25, 0.3) is 0 Å². The Hall–Kier alpha value is 0.0400. The van der Waals surface area contributed by atoms with Crippen LogP contribution in [0.5, 0.6) is 0 Å². The zero-order valence-corrected chi connectivity index (χ0v) is 13.9. The Morgan fingerprint density at radius 2 is 2.00 bits per heavy atom. The third-order valence-corrected chi connectivity index (χ3v) is 5.80. The van der Waals surface area contributed by atoms with E-state index in [4.69, 9.17) is 23.2 Å². The molecule has 2 fully saturated rings. The molecule has 1 heterocycles. The molecule has 2 nitrogen and oxygen atoms in total. The number of hydrogen-bond donors (Lipinski definition) is 1. The van der Waals surface area contributed by atoms with Crippen LogP contribution < -0.4 is 5.32 Å². The van der Waals surface area contributed by atoms with Gasteiger partial charge in [-0.05, 0) is 54.2 Å². The molecule has 1 aromatic rings. The summed E-state index contributed by atoms with van der Waals surface area (Å²) >= 11 is 15.8. The first-order valence-electron chi connectivity index (χ1n) is 6.72. The highest BCUT2D eigenvalue weighted by molar-refractivity contribution is 9.10. The van der Waals surface area contributed by atoms with Crippen LogP contribution in [0.1, 0.15) is 26.2 Å². The molecular weight excluding hydrogens is 347 g/mol. The van der Waals surface area contributed by atoms with E-state index in [0.29, 0.717) is 22.1 Å². The van der Waals surface area contributed by atoms with Crippen molar-refractivity contribution in [3.8, 4) is 0 Å². The maximum atomic E-state index is 6.29. The highest BCUT2D eigenvalue weighted by Gasteiger charge is 2.38.